The van der Waals surface area contributed by atoms with Crippen molar-refractivity contribution in [1.29, 1.82) is 0 Å². The van der Waals surface area contributed by atoms with E-state index in [-0.39, 0.29) is 23.4 Å². The van der Waals surface area contributed by atoms with Gasteiger partial charge in [0.25, 0.3) is 8.32 Å². The largest absolute Gasteiger partial charge is 0.410 e. The van der Waals surface area contributed by atoms with E-state index in [0.29, 0.717) is 36.1 Å². The third-order valence-corrected chi connectivity index (χ3v) is 21.9. The lowest BCUT2D eigenvalue weighted by atomic mass is 9.90. The van der Waals surface area contributed by atoms with E-state index >= 15 is 0 Å². The van der Waals surface area contributed by atoms with Crippen LogP contribution in [0.3, 0.4) is 0 Å². The first-order chi connectivity index (χ1) is 21.2. The van der Waals surface area contributed by atoms with Gasteiger partial charge in [-0.25, -0.2) is 0 Å². The standard InChI is InChI=1S/C38H62O5Si2/c1-28(2)44(29(3)4,30(5)6)43-35-27-32(42-38(36(35)39)25-18-17-19-31(7)41-38)24-26-40-45(37(8,9)10,33-20-13-11-14-21-33)34-22-15-12-16-23-34/h11-16,20-23,28-32,35-36,39H,17-19,24-27H2,1-10H3/t31-,32+,35+,36-,38-/m0/s1. The van der Waals surface area contributed by atoms with E-state index in [9.17, 15) is 5.11 Å². The van der Waals surface area contributed by atoms with Crippen LogP contribution in [-0.4, -0.2) is 58.6 Å². The van der Waals surface area contributed by atoms with E-state index in [1.54, 1.807) is 0 Å². The first-order valence-corrected chi connectivity index (χ1v) is 21.7. The van der Waals surface area contributed by atoms with Gasteiger partial charge < -0.3 is 23.4 Å². The molecule has 0 radical (unpaired) electrons. The summed E-state index contributed by atoms with van der Waals surface area (Å²) in [6.45, 7) is 23.5. The summed E-state index contributed by atoms with van der Waals surface area (Å²) in [5.41, 5.74) is 1.28. The van der Waals surface area contributed by atoms with Crippen LogP contribution in [0.4, 0.5) is 0 Å². The second kappa shape index (κ2) is 14.8. The Morgan fingerprint density at radius 3 is 1.87 bits per heavy atom. The minimum absolute atomic E-state index is 0.0252. The summed E-state index contributed by atoms with van der Waals surface area (Å²) < 4.78 is 28.2. The van der Waals surface area contributed by atoms with Gasteiger partial charge in [-0.05, 0) is 58.2 Å². The molecule has 2 aromatic carbocycles. The van der Waals surface area contributed by atoms with E-state index in [2.05, 4.69) is 130 Å². The first kappa shape index (κ1) is 36.5. The molecule has 2 heterocycles. The zero-order valence-electron chi connectivity index (χ0n) is 29.8. The Balaban J connectivity index is 1.67. The average Bonchev–Trinajstić information content (AvgIpc) is 3.17. The molecule has 2 aliphatic rings. The Labute approximate surface area is 276 Å². The minimum Gasteiger partial charge on any atom is -0.410 e. The van der Waals surface area contributed by atoms with Crippen molar-refractivity contribution in [2.75, 3.05) is 6.61 Å². The number of rotatable bonds is 11. The van der Waals surface area contributed by atoms with Crippen LogP contribution in [0.5, 0.6) is 0 Å². The van der Waals surface area contributed by atoms with Crippen molar-refractivity contribution >= 4 is 27.0 Å². The number of hydrogen-bond acceptors (Lipinski definition) is 5. The Bertz CT molecular complexity index is 1120. The summed E-state index contributed by atoms with van der Waals surface area (Å²) in [7, 11) is -4.94. The number of benzene rings is 2. The maximum atomic E-state index is 12.1. The lowest BCUT2D eigenvalue weighted by Gasteiger charge is -2.52. The highest BCUT2D eigenvalue weighted by atomic mass is 28.4. The van der Waals surface area contributed by atoms with Gasteiger partial charge in [-0.1, -0.05) is 129 Å². The minimum atomic E-state index is -2.67. The molecule has 5 atom stereocenters. The van der Waals surface area contributed by atoms with Crippen LogP contribution >= 0.6 is 0 Å². The molecule has 1 N–H and O–H groups in total. The maximum absolute atomic E-state index is 12.1. The Kier molecular flexibility index (Phi) is 12.0. The highest BCUT2D eigenvalue weighted by molar-refractivity contribution is 6.99. The number of ether oxygens (including phenoxy) is 2. The predicted molar refractivity (Wildman–Crippen MR) is 191 cm³/mol. The van der Waals surface area contributed by atoms with Gasteiger partial charge in [0.15, 0.2) is 5.79 Å². The molecular weight excluding hydrogens is 593 g/mol. The third kappa shape index (κ3) is 7.40. The summed E-state index contributed by atoms with van der Waals surface area (Å²) in [5, 5.41) is 14.6. The van der Waals surface area contributed by atoms with Crippen LogP contribution in [0, 0.1) is 0 Å². The van der Waals surface area contributed by atoms with Crippen LogP contribution in [0.25, 0.3) is 0 Å². The van der Waals surface area contributed by atoms with E-state index in [1.807, 2.05) is 0 Å². The summed E-state index contributed by atoms with van der Waals surface area (Å²) in [4.78, 5) is 0. The highest BCUT2D eigenvalue weighted by Gasteiger charge is 2.56. The molecule has 45 heavy (non-hydrogen) atoms. The van der Waals surface area contributed by atoms with Crippen molar-refractivity contribution in [3.8, 4) is 0 Å². The van der Waals surface area contributed by atoms with Gasteiger partial charge in [0, 0.05) is 19.4 Å². The van der Waals surface area contributed by atoms with Crippen molar-refractivity contribution in [2.45, 2.75) is 160 Å². The Morgan fingerprint density at radius 2 is 1.38 bits per heavy atom. The molecule has 1 spiro atoms. The topological polar surface area (TPSA) is 57.2 Å². The molecule has 0 saturated carbocycles. The number of aliphatic hydroxyl groups is 1. The SMILES string of the molecule is CC(C)[Si](O[C@@H]1C[C@@H](CCO[Si](c2ccccc2)(c2ccccc2)C(C)(C)C)O[C@@]2(CCCC[C@H](C)O2)[C@H]1O)(C(C)C)C(C)C. The van der Waals surface area contributed by atoms with Crippen molar-refractivity contribution in [2.24, 2.45) is 0 Å². The molecule has 2 aliphatic heterocycles. The lowest BCUT2D eigenvalue weighted by Crippen LogP contribution is -2.67. The molecule has 4 rings (SSSR count). The molecule has 0 unspecified atom stereocenters. The Morgan fingerprint density at radius 1 is 0.844 bits per heavy atom. The fourth-order valence-corrected chi connectivity index (χ4v) is 18.8. The van der Waals surface area contributed by atoms with Crippen LogP contribution in [0.15, 0.2) is 60.7 Å². The monoisotopic (exact) mass is 654 g/mol. The molecule has 2 saturated heterocycles. The van der Waals surface area contributed by atoms with E-state index in [1.165, 1.54) is 10.4 Å². The molecular formula is C38H62O5Si2. The fraction of sp³-hybridized carbons (Fsp3) is 0.684. The molecule has 2 aromatic rings. The molecule has 5 nitrogen and oxygen atoms in total. The summed E-state index contributed by atoms with van der Waals surface area (Å²) in [6, 6.07) is 21.7. The second-order valence-electron chi connectivity index (χ2n) is 15.7. The normalized spacial score (nSPS) is 27.0. The smallest absolute Gasteiger partial charge is 0.261 e. The molecule has 0 aromatic heterocycles. The lowest BCUT2D eigenvalue weighted by molar-refractivity contribution is -0.350. The summed E-state index contributed by atoms with van der Waals surface area (Å²) in [5.74, 6) is -1.05. The molecule has 0 bridgehead atoms. The maximum Gasteiger partial charge on any atom is 0.261 e. The molecule has 0 aliphatic carbocycles. The van der Waals surface area contributed by atoms with E-state index < -0.39 is 28.5 Å². The fourth-order valence-electron chi connectivity index (χ4n) is 8.70. The van der Waals surface area contributed by atoms with Gasteiger partial charge in [-0.15, -0.1) is 0 Å². The van der Waals surface area contributed by atoms with Crippen molar-refractivity contribution < 1.29 is 23.4 Å². The summed E-state index contributed by atoms with van der Waals surface area (Å²) in [6.07, 6.45) is 3.81. The molecule has 2 fully saturated rings. The van der Waals surface area contributed by atoms with Gasteiger partial charge in [-0.3, -0.25) is 0 Å². The number of aliphatic hydroxyl groups excluding tert-OH is 1. The van der Waals surface area contributed by atoms with Crippen molar-refractivity contribution in [1.82, 2.24) is 0 Å². The molecule has 7 heteroatoms. The van der Waals surface area contributed by atoms with Crippen LogP contribution in [0.1, 0.15) is 108 Å². The van der Waals surface area contributed by atoms with Crippen LogP contribution in [-0.2, 0) is 18.3 Å². The first-order valence-electron chi connectivity index (χ1n) is 17.7. The van der Waals surface area contributed by atoms with Crippen LogP contribution < -0.4 is 10.4 Å². The van der Waals surface area contributed by atoms with Crippen molar-refractivity contribution in [3.05, 3.63) is 60.7 Å². The zero-order chi connectivity index (χ0) is 33.0. The number of hydrogen-bond donors (Lipinski definition) is 1. The predicted octanol–water partition coefficient (Wildman–Crippen LogP) is 8.34. The zero-order valence-corrected chi connectivity index (χ0v) is 31.8. The quantitative estimate of drug-likeness (QED) is 0.247. The van der Waals surface area contributed by atoms with Crippen LogP contribution in [0.2, 0.25) is 21.7 Å². The second-order valence-corrected chi connectivity index (χ2v) is 25.4. The Hall–Kier alpha value is -1.33. The average molecular weight is 655 g/mol. The molecule has 0 amide bonds. The third-order valence-electron chi connectivity index (χ3n) is 10.7. The van der Waals surface area contributed by atoms with Crippen molar-refractivity contribution in [3.63, 3.8) is 0 Å². The van der Waals surface area contributed by atoms with Gasteiger partial charge in [0.1, 0.15) is 6.10 Å². The van der Waals surface area contributed by atoms with E-state index in [0.717, 1.165) is 25.7 Å². The highest BCUT2D eigenvalue weighted by Crippen LogP contribution is 2.47. The van der Waals surface area contributed by atoms with Gasteiger partial charge in [0.2, 0.25) is 8.32 Å². The van der Waals surface area contributed by atoms with Gasteiger partial charge in [0.05, 0.1) is 18.3 Å². The van der Waals surface area contributed by atoms with Gasteiger partial charge >= 0.3 is 0 Å². The van der Waals surface area contributed by atoms with Gasteiger partial charge in [-0.2, -0.15) is 0 Å². The van der Waals surface area contributed by atoms with E-state index in [4.69, 9.17) is 18.3 Å². The molecule has 252 valence electrons. The summed E-state index contributed by atoms with van der Waals surface area (Å²) >= 11 is 0.